The second kappa shape index (κ2) is 16.9. The van der Waals surface area contributed by atoms with Crippen molar-refractivity contribution < 1.29 is 19.5 Å². The third kappa shape index (κ3) is 9.50. The Morgan fingerprint density at radius 1 is 0.900 bits per heavy atom. The SMILES string of the molecule is CC(C)(C)c1ccc(C(=O)NC(Cc2ccc(-c3ncc(N4CCC(C5CCCCC5)CC4)cn3)cc2)C(=O)N2CC(C(=O)O)C2)s1.CCC. The van der Waals surface area contributed by atoms with E-state index < -0.39 is 17.9 Å². The molecule has 2 aliphatic heterocycles. The number of aliphatic carboxylic acids is 1. The fourth-order valence-electron chi connectivity index (χ4n) is 7.22. The monoisotopic (exact) mass is 701 g/mol. The van der Waals surface area contributed by atoms with E-state index in [9.17, 15) is 19.5 Å². The maximum Gasteiger partial charge on any atom is 0.310 e. The predicted octanol–water partition coefficient (Wildman–Crippen LogP) is 7.60. The van der Waals surface area contributed by atoms with Crippen LogP contribution in [-0.4, -0.2) is 70.0 Å². The van der Waals surface area contributed by atoms with Gasteiger partial charge in [-0.2, -0.15) is 0 Å². The summed E-state index contributed by atoms with van der Waals surface area (Å²) in [5, 5.41) is 12.3. The largest absolute Gasteiger partial charge is 0.481 e. The van der Waals surface area contributed by atoms with Crippen LogP contribution in [0, 0.1) is 17.8 Å². The van der Waals surface area contributed by atoms with Crippen molar-refractivity contribution in [2.75, 3.05) is 31.1 Å². The van der Waals surface area contributed by atoms with Gasteiger partial charge < -0.3 is 20.2 Å². The van der Waals surface area contributed by atoms with E-state index in [2.05, 4.69) is 54.8 Å². The summed E-state index contributed by atoms with van der Waals surface area (Å²) in [4.78, 5) is 53.0. The highest BCUT2D eigenvalue weighted by Crippen LogP contribution is 2.36. The summed E-state index contributed by atoms with van der Waals surface area (Å²) in [5.74, 6) is 0.370. The molecule has 0 bridgehead atoms. The van der Waals surface area contributed by atoms with E-state index in [0.29, 0.717) is 10.7 Å². The van der Waals surface area contributed by atoms with Crippen molar-refractivity contribution in [2.45, 2.75) is 104 Å². The van der Waals surface area contributed by atoms with Crippen LogP contribution in [-0.2, 0) is 21.4 Å². The van der Waals surface area contributed by atoms with E-state index in [1.807, 2.05) is 42.7 Å². The third-order valence-corrected chi connectivity index (χ3v) is 11.7. The molecule has 270 valence electrons. The average molecular weight is 702 g/mol. The minimum absolute atomic E-state index is 0.0843. The number of thiophene rings is 1. The van der Waals surface area contributed by atoms with E-state index in [1.54, 1.807) is 6.07 Å². The molecule has 1 aromatic carbocycles. The first-order valence-electron chi connectivity index (χ1n) is 18.6. The smallest absolute Gasteiger partial charge is 0.310 e. The molecule has 2 saturated heterocycles. The Balaban J connectivity index is 0.00000156. The molecule has 2 aromatic heterocycles. The van der Waals surface area contributed by atoms with Crippen molar-refractivity contribution in [3.05, 3.63) is 64.1 Å². The first-order valence-corrected chi connectivity index (χ1v) is 19.4. The summed E-state index contributed by atoms with van der Waals surface area (Å²) >= 11 is 1.42. The van der Waals surface area contributed by atoms with Crippen LogP contribution in [0.4, 0.5) is 5.69 Å². The maximum atomic E-state index is 13.5. The van der Waals surface area contributed by atoms with Crippen LogP contribution in [0.1, 0.15) is 106 Å². The molecule has 9 nitrogen and oxygen atoms in total. The Labute approximate surface area is 301 Å². The van der Waals surface area contributed by atoms with Gasteiger partial charge in [0.25, 0.3) is 5.91 Å². The lowest BCUT2D eigenvalue weighted by Crippen LogP contribution is -2.59. The van der Waals surface area contributed by atoms with Crippen LogP contribution in [0.3, 0.4) is 0 Å². The normalized spacial score (nSPS) is 18.1. The van der Waals surface area contributed by atoms with Gasteiger partial charge >= 0.3 is 5.97 Å². The molecular formula is C40H55N5O4S. The second-order valence-corrected chi connectivity index (χ2v) is 16.4. The Morgan fingerprint density at radius 2 is 1.50 bits per heavy atom. The van der Waals surface area contributed by atoms with E-state index in [0.717, 1.165) is 46.6 Å². The highest BCUT2D eigenvalue weighted by Gasteiger charge is 2.39. The number of nitrogens with one attached hydrogen (secondary N) is 1. The highest BCUT2D eigenvalue weighted by molar-refractivity contribution is 7.14. The number of carboxylic acids is 1. The van der Waals surface area contributed by atoms with Gasteiger partial charge in [-0.25, -0.2) is 9.97 Å². The van der Waals surface area contributed by atoms with Gasteiger partial charge in [-0.3, -0.25) is 14.4 Å². The van der Waals surface area contributed by atoms with Crippen molar-refractivity contribution in [3.8, 4) is 11.4 Å². The zero-order chi connectivity index (χ0) is 35.8. The van der Waals surface area contributed by atoms with Crippen LogP contribution in [0.2, 0.25) is 0 Å². The van der Waals surface area contributed by atoms with Crippen LogP contribution >= 0.6 is 11.3 Å². The number of hydrogen-bond donors (Lipinski definition) is 2. The number of carbonyl (C=O) groups is 3. The number of aromatic nitrogens is 2. The predicted molar refractivity (Wildman–Crippen MR) is 201 cm³/mol. The molecule has 3 aliphatic rings. The Morgan fingerprint density at radius 3 is 2.06 bits per heavy atom. The topological polar surface area (TPSA) is 116 Å². The molecule has 0 radical (unpaired) electrons. The highest BCUT2D eigenvalue weighted by atomic mass is 32.1. The molecule has 2 N–H and O–H groups in total. The van der Waals surface area contributed by atoms with Gasteiger partial charge in [0.05, 0.1) is 28.9 Å². The standard InChI is InChI=1S/C37H47N5O4S.C3H8/c1-37(2,3)32-14-13-31(47-32)34(43)40-30(35(44)42-22-28(23-42)36(45)46)19-24-9-11-27(12-10-24)33-38-20-29(21-39-33)41-17-15-26(16-18-41)25-7-5-4-6-8-25;1-3-2/h9-14,20-21,25-26,28,30H,4-8,15-19,22-23H2,1-3H3,(H,40,43)(H,45,46);3H2,1-2H3. The number of piperidine rings is 1. The second-order valence-electron chi connectivity index (χ2n) is 15.3. The van der Waals surface area contributed by atoms with Gasteiger partial charge in [-0.05, 0) is 47.8 Å². The van der Waals surface area contributed by atoms with Crippen LogP contribution in [0.5, 0.6) is 0 Å². The number of carboxylic acid groups (broad SMARTS) is 1. The molecule has 0 spiro atoms. The van der Waals surface area contributed by atoms with E-state index in [1.165, 1.54) is 67.6 Å². The van der Waals surface area contributed by atoms with E-state index in [4.69, 9.17) is 0 Å². The molecule has 1 aliphatic carbocycles. The molecule has 2 amide bonds. The quantitative estimate of drug-likeness (QED) is 0.236. The van der Waals surface area contributed by atoms with Crippen molar-refractivity contribution in [2.24, 2.45) is 17.8 Å². The van der Waals surface area contributed by atoms with Crippen LogP contribution < -0.4 is 10.2 Å². The minimum Gasteiger partial charge on any atom is -0.481 e. The number of likely N-dealkylation sites (tertiary alicyclic amines) is 1. The number of hydrogen-bond acceptors (Lipinski definition) is 7. The Kier molecular flexibility index (Phi) is 12.7. The number of anilines is 1. The minimum atomic E-state index is -0.909. The van der Waals surface area contributed by atoms with Gasteiger partial charge in [0.15, 0.2) is 5.82 Å². The molecule has 6 rings (SSSR count). The van der Waals surface area contributed by atoms with E-state index in [-0.39, 0.29) is 36.7 Å². The number of rotatable bonds is 9. The molecule has 3 aromatic rings. The summed E-state index contributed by atoms with van der Waals surface area (Å²) in [6.07, 6.45) is 14.9. The number of benzene rings is 1. The number of nitrogens with zero attached hydrogens (tertiary/aromatic N) is 4. The molecule has 4 heterocycles. The molecular weight excluding hydrogens is 647 g/mol. The first kappa shape index (κ1) is 37.5. The van der Waals surface area contributed by atoms with Gasteiger partial charge in [-0.1, -0.05) is 97.4 Å². The summed E-state index contributed by atoms with van der Waals surface area (Å²) in [7, 11) is 0. The molecule has 10 heteroatoms. The van der Waals surface area contributed by atoms with Crippen LogP contribution in [0.15, 0.2) is 48.8 Å². The lowest BCUT2D eigenvalue weighted by molar-refractivity contribution is -0.153. The summed E-state index contributed by atoms with van der Waals surface area (Å²) in [6.45, 7) is 13.0. The Hall–Kier alpha value is -3.79. The fourth-order valence-corrected chi connectivity index (χ4v) is 8.19. The summed E-state index contributed by atoms with van der Waals surface area (Å²) < 4.78 is 0. The molecule has 3 fully saturated rings. The third-order valence-electron chi connectivity index (χ3n) is 10.2. The van der Waals surface area contributed by atoms with Crippen molar-refractivity contribution in [1.82, 2.24) is 20.2 Å². The molecule has 50 heavy (non-hydrogen) atoms. The van der Waals surface area contributed by atoms with Gasteiger partial charge in [0.2, 0.25) is 5.91 Å². The average Bonchev–Trinajstić information content (AvgIpc) is 3.60. The Bertz CT molecular complexity index is 1560. The van der Waals surface area contributed by atoms with Gasteiger partial charge in [-0.15, -0.1) is 11.3 Å². The lowest BCUT2D eigenvalue weighted by atomic mass is 9.76. The van der Waals surface area contributed by atoms with Crippen molar-refractivity contribution in [1.29, 1.82) is 0 Å². The van der Waals surface area contributed by atoms with Crippen molar-refractivity contribution >= 4 is 34.8 Å². The molecule has 1 saturated carbocycles. The summed E-state index contributed by atoms with van der Waals surface area (Å²) in [6, 6.07) is 10.7. The zero-order valence-corrected chi connectivity index (χ0v) is 31.3. The number of carbonyl (C=O) groups excluding carboxylic acids is 2. The van der Waals surface area contributed by atoms with Gasteiger partial charge in [0, 0.05) is 43.0 Å². The maximum absolute atomic E-state index is 13.5. The molecule has 1 atom stereocenters. The summed E-state index contributed by atoms with van der Waals surface area (Å²) in [5.41, 5.74) is 2.74. The first-order chi connectivity index (χ1) is 24.0. The molecule has 1 unspecified atom stereocenters. The van der Waals surface area contributed by atoms with Crippen LogP contribution in [0.25, 0.3) is 11.4 Å². The van der Waals surface area contributed by atoms with E-state index >= 15 is 0 Å². The lowest BCUT2D eigenvalue weighted by Gasteiger charge is -2.38. The van der Waals surface area contributed by atoms with Crippen molar-refractivity contribution in [3.63, 3.8) is 0 Å². The number of amides is 2. The van der Waals surface area contributed by atoms with Gasteiger partial charge in [0.1, 0.15) is 6.04 Å². The zero-order valence-electron chi connectivity index (χ0n) is 30.5. The fraction of sp³-hybridized carbons (Fsp3) is 0.575.